The van der Waals surface area contributed by atoms with E-state index in [1.54, 1.807) is 0 Å². The van der Waals surface area contributed by atoms with Crippen LogP contribution in [0.4, 0.5) is 10.1 Å². The van der Waals surface area contributed by atoms with Gasteiger partial charge in [0, 0.05) is 25.8 Å². The SMILES string of the molecule is Cc1cc(F)ccc1S(=O)(=O)NC[C@@H](O)c1ccc2c(c1)CCN2C. The van der Waals surface area contributed by atoms with E-state index in [0.717, 1.165) is 30.3 Å². The number of anilines is 1. The number of nitrogens with one attached hydrogen (secondary N) is 1. The molecule has 1 aliphatic rings. The smallest absolute Gasteiger partial charge is 0.240 e. The van der Waals surface area contributed by atoms with Gasteiger partial charge < -0.3 is 10.0 Å². The van der Waals surface area contributed by atoms with Crippen LogP contribution in [0.15, 0.2) is 41.3 Å². The van der Waals surface area contributed by atoms with Gasteiger partial charge in [-0.1, -0.05) is 12.1 Å². The van der Waals surface area contributed by atoms with Crippen molar-refractivity contribution in [3.8, 4) is 0 Å². The lowest BCUT2D eigenvalue weighted by molar-refractivity contribution is 0.182. The maximum Gasteiger partial charge on any atom is 0.240 e. The third-order valence-corrected chi connectivity index (χ3v) is 6.09. The number of nitrogens with zero attached hydrogens (tertiary/aromatic N) is 1. The first-order valence-electron chi connectivity index (χ1n) is 8.06. The van der Waals surface area contributed by atoms with Gasteiger partial charge in [-0.25, -0.2) is 17.5 Å². The topological polar surface area (TPSA) is 69.6 Å². The van der Waals surface area contributed by atoms with Gasteiger partial charge in [0.05, 0.1) is 11.0 Å². The van der Waals surface area contributed by atoms with Crippen LogP contribution in [-0.4, -0.2) is 33.7 Å². The number of benzene rings is 2. The largest absolute Gasteiger partial charge is 0.387 e. The first kappa shape index (κ1) is 17.8. The highest BCUT2D eigenvalue weighted by Crippen LogP contribution is 2.29. The Morgan fingerprint density at radius 2 is 2.04 bits per heavy atom. The normalized spacial score (nSPS) is 15.3. The molecule has 5 nitrogen and oxygen atoms in total. The first-order chi connectivity index (χ1) is 11.8. The van der Waals surface area contributed by atoms with Crippen molar-refractivity contribution in [1.82, 2.24) is 4.72 Å². The Kier molecular flexibility index (Phi) is 4.81. The van der Waals surface area contributed by atoms with Crippen LogP contribution in [0.1, 0.15) is 22.8 Å². The van der Waals surface area contributed by atoms with E-state index in [-0.39, 0.29) is 11.4 Å². The molecule has 2 aromatic carbocycles. The van der Waals surface area contributed by atoms with E-state index in [0.29, 0.717) is 11.1 Å². The van der Waals surface area contributed by atoms with Crippen molar-refractivity contribution in [2.24, 2.45) is 0 Å². The second kappa shape index (κ2) is 6.74. The minimum absolute atomic E-state index is 0.0108. The van der Waals surface area contributed by atoms with Gasteiger partial charge >= 0.3 is 0 Å². The summed E-state index contributed by atoms with van der Waals surface area (Å²) in [4.78, 5) is 2.16. The fraction of sp³-hybridized carbons (Fsp3) is 0.333. The highest BCUT2D eigenvalue weighted by atomic mass is 32.2. The van der Waals surface area contributed by atoms with Gasteiger partial charge in [0.15, 0.2) is 0 Å². The summed E-state index contributed by atoms with van der Waals surface area (Å²) in [6.07, 6.45) is -0.0425. The lowest BCUT2D eigenvalue weighted by Crippen LogP contribution is -2.29. The minimum Gasteiger partial charge on any atom is -0.387 e. The predicted molar refractivity (Wildman–Crippen MR) is 94.7 cm³/mol. The van der Waals surface area contributed by atoms with Gasteiger partial charge in [0.1, 0.15) is 5.82 Å². The summed E-state index contributed by atoms with van der Waals surface area (Å²) in [5, 5.41) is 10.3. The Morgan fingerprint density at radius 1 is 1.28 bits per heavy atom. The molecule has 1 aliphatic heterocycles. The fourth-order valence-corrected chi connectivity index (χ4v) is 4.36. The molecule has 0 aromatic heterocycles. The van der Waals surface area contributed by atoms with Crippen LogP contribution in [0.2, 0.25) is 0 Å². The summed E-state index contributed by atoms with van der Waals surface area (Å²) in [5.41, 5.74) is 3.28. The number of aryl methyl sites for hydroxylation is 1. The highest BCUT2D eigenvalue weighted by molar-refractivity contribution is 7.89. The standard InChI is InChI=1S/C18H21FN2O3S/c1-12-9-15(19)4-6-18(12)25(23,24)20-11-17(22)14-3-5-16-13(10-14)7-8-21(16)2/h3-6,9-10,17,20,22H,7-8,11H2,1-2H3/t17-/m1/s1. The molecule has 0 fully saturated rings. The summed E-state index contributed by atoms with van der Waals surface area (Å²) in [6, 6.07) is 9.17. The molecule has 0 unspecified atom stereocenters. The van der Waals surface area contributed by atoms with Crippen molar-refractivity contribution in [2.45, 2.75) is 24.3 Å². The fourth-order valence-electron chi connectivity index (χ4n) is 3.09. The maximum absolute atomic E-state index is 13.1. The molecule has 0 radical (unpaired) electrons. The number of likely N-dealkylation sites (N-methyl/N-ethyl adjacent to an activating group) is 1. The van der Waals surface area contributed by atoms with E-state index in [1.165, 1.54) is 19.1 Å². The molecule has 2 aromatic rings. The third kappa shape index (κ3) is 3.68. The molecule has 0 aliphatic carbocycles. The molecule has 0 amide bonds. The summed E-state index contributed by atoms with van der Waals surface area (Å²) >= 11 is 0. The molecule has 134 valence electrons. The van der Waals surface area contributed by atoms with Crippen LogP contribution in [0, 0.1) is 12.7 Å². The Hall–Kier alpha value is -1.96. The third-order valence-electron chi connectivity index (χ3n) is 4.51. The average molecular weight is 364 g/mol. The van der Waals surface area contributed by atoms with Gasteiger partial charge in [-0.3, -0.25) is 0 Å². The maximum atomic E-state index is 13.1. The van der Waals surface area contributed by atoms with E-state index < -0.39 is 21.9 Å². The zero-order valence-corrected chi connectivity index (χ0v) is 15.0. The lowest BCUT2D eigenvalue weighted by atomic mass is 10.0. The molecule has 1 atom stereocenters. The van der Waals surface area contributed by atoms with Crippen molar-refractivity contribution >= 4 is 15.7 Å². The second-order valence-corrected chi connectivity index (χ2v) is 8.07. The molecule has 0 saturated carbocycles. The Morgan fingerprint density at radius 3 is 2.76 bits per heavy atom. The molecule has 0 spiro atoms. The number of aliphatic hydroxyl groups excluding tert-OH is 1. The van der Waals surface area contributed by atoms with Crippen LogP contribution < -0.4 is 9.62 Å². The minimum atomic E-state index is -3.82. The Labute approximate surface area is 147 Å². The van der Waals surface area contributed by atoms with E-state index in [9.17, 15) is 17.9 Å². The number of aliphatic hydroxyl groups is 1. The number of hydrogen-bond acceptors (Lipinski definition) is 4. The van der Waals surface area contributed by atoms with E-state index >= 15 is 0 Å². The summed E-state index contributed by atoms with van der Waals surface area (Å²) in [5.74, 6) is -0.486. The monoisotopic (exact) mass is 364 g/mol. The van der Waals surface area contributed by atoms with E-state index in [1.807, 2.05) is 25.2 Å². The predicted octanol–water partition coefficient (Wildman–Crippen LogP) is 2.14. The van der Waals surface area contributed by atoms with E-state index in [4.69, 9.17) is 0 Å². The Bertz CT molecular complexity index is 899. The number of sulfonamides is 1. The quantitative estimate of drug-likeness (QED) is 0.853. The molecule has 3 rings (SSSR count). The lowest BCUT2D eigenvalue weighted by Gasteiger charge is -2.16. The van der Waals surface area contributed by atoms with Crippen LogP contribution in [-0.2, 0) is 16.4 Å². The summed E-state index contributed by atoms with van der Waals surface area (Å²) in [7, 11) is -1.80. The van der Waals surface area contributed by atoms with Gasteiger partial charge in [0.2, 0.25) is 10.0 Å². The molecular formula is C18H21FN2O3S. The van der Waals surface area contributed by atoms with Crippen LogP contribution in [0.3, 0.4) is 0 Å². The van der Waals surface area contributed by atoms with Crippen LogP contribution in [0.5, 0.6) is 0 Å². The van der Waals surface area contributed by atoms with Crippen LogP contribution >= 0.6 is 0 Å². The van der Waals surface area contributed by atoms with Gasteiger partial charge in [0.25, 0.3) is 0 Å². The van der Waals surface area contributed by atoms with Gasteiger partial charge in [-0.05, 0) is 54.3 Å². The molecular weight excluding hydrogens is 343 g/mol. The zero-order valence-electron chi connectivity index (χ0n) is 14.2. The van der Waals surface area contributed by atoms with Gasteiger partial charge in [-0.2, -0.15) is 0 Å². The number of fused-ring (bicyclic) bond motifs is 1. The van der Waals surface area contributed by atoms with Crippen LogP contribution in [0.25, 0.3) is 0 Å². The van der Waals surface area contributed by atoms with Crippen molar-refractivity contribution in [1.29, 1.82) is 0 Å². The molecule has 2 N–H and O–H groups in total. The summed E-state index contributed by atoms with van der Waals surface area (Å²) < 4.78 is 40.3. The molecule has 1 heterocycles. The van der Waals surface area contributed by atoms with Crippen molar-refractivity contribution < 1.29 is 17.9 Å². The molecule has 7 heteroatoms. The Balaban J connectivity index is 1.72. The average Bonchev–Trinajstić information content (AvgIpc) is 2.93. The molecule has 0 bridgehead atoms. The number of hydrogen-bond donors (Lipinski definition) is 2. The van der Waals surface area contributed by atoms with Crippen molar-refractivity contribution in [2.75, 3.05) is 25.0 Å². The number of halogens is 1. The van der Waals surface area contributed by atoms with Gasteiger partial charge in [-0.15, -0.1) is 0 Å². The molecule has 25 heavy (non-hydrogen) atoms. The second-order valence-electron chi connectivity index (χ2n) is 6.34. The number of rotatable bonds is 5. The summed E-state index contributed by atoms with van der Waals surface area (Å²) in [6.45, 7) is 2.32. The van der Waals surface area contributed by atoms with Crippen molar-refractivity contribution in [3.63, 3.8) is 0 Å². The van der Waals surface area contributed by atoms with E-state index in [2.05, 4.69) is 9.62 Å². The first-order valence-corrected chi connectivity index (χ1v) is 9.54. The highest BCUT2D eigenvalue weighted by Gasteiger charge is 2.21. The van der Waals surface area contributed by atoms with Crippen molar-refractivity contribution in [3.05, 3.63) is 58.9 Å². The zero-order chi connectivity index (χ0) is 18.2. The molecule has 0 saturated heterocycles.